The Morgan fingerprint density at radius 3 is 2.44 bits per heavy atom. The molecule has 0 aromatic rings. The second kappa shape index (κ2) is 3.61. The minimum atomic E-state index is 0.641. The quantitative estimate of drug-likeness (QED) is 0.706. The van der Waals surface area contributed by atoms with Crippen molar-refractivity contribution in [2.24, 2.45) is 10.8 Å². The maximum Gasteiger partial charge on any atom is 0.0282 e. The van der Waals surface area contributed by atoms with Crippen LogP contribution < -0.4 is 0 Å². The predicted molar refractivity (Wildman–Crippen MR) is 74.5 cm³/mol. The van der Waals surface area contributed by atoms with Crippen molar-refractivity contribution in [3.63, 3.8) is 0 Å². The summed E-state index contributed by atoms with van der Waals surface area (Å²) in [5.74, 6) is 0. The smallest absolute Gasteiger partial charge is 0.0282 e. The zero-order valence-corrected chi connectivity index (χ0v) is 11.7. The normalized spacial score (nSPS) is 46.1. The molecule has 0 aromatic heterocycles. The molecule has 3 unspecified atom stereocenters. The fourth-order valence-corrected chi connectivity index (χ4v) is 4.70. The number of piperidine rings is 2. The van der Waals surface area contributed by atoms with Crippen molar-refractivity contribution < 1.29 is 0 Å². The van der Waals surface area contributed by atoms with E-state index in [2.05, 4.69) is 29.5 Å². The molecule has 2 aliphatic heterocycles. The van der Waals surface area contributed by atoms with Gasteiger partial charge in [-0.1, -0.05) is 6.08 Å². The largest absolute Gasteiger partial charge is 0.303 e. The maximum absolute atomic E-state index is 4.00. The van der Waals surface area contributed by atoms with Crippen molar-refractivity contribution in [2.45, 2.75) is 50.6 Å². The van der Waals surface area contributed by atoms with Crippen LogP contribution in [0.25, 0.3) is 0 Å². The van der Waals surface area contributed by atoms with Crippen molar-refractivity contribution >= 4 is 0 Å². The molecule has 4 rings (SSSR count). The van der Waals surface area contributed by atoms with Crippen LogP contribution in [0.4, 0.5) is 0 Å². The maximum atomic E-state index is 4.00. The average molecular weight is 246 g/mol. The number of hydrogen-bond acceptors (Lipinski definition) is 2. The van der Waals surface area contributed by atoms with Crippen LogP contribution in [-0.2, 0) is 0 Å². The molecule has 2 nitrogen and oxygen atoms in total. The molecule has 0 amide bonds. The van der Waals surface area contributed by atoms with E-state index in [4.69, 9.17) is 0 Å². The predicted octanol–water partition coefficient (Wildman–Crippen LogP) is 2.51. The van der Waals surface area contributed by atoms with Crippen LogP contribution in [0.3, 0.4) is 0 Å². The Morgan fingerprint density at radius 2 is 1.89 bits per heavy atom. The Labute approximate surface area is 111 Å². The van der Waals surface area contributed by atoms with E-state index in [1.807, 2.05) is 0 Å². The van der Waals surface area contributed by atoms with Crippen LogP contribution >= 0.6 is 0 Å². The van der Waals surface area contributed by atoms with E-state index in [1.54, 1.807) is 0 Å². The molecule has 0 bridgehead atoms. The summed E-state index contributed by atoms with van der Waals surface area (Å²) in [5.41, 5.74) is 1.47. The molecule has 100 valence electrons. The van der Waals surface area contributed by atoms with Crippen LogP contribution in [-0.4, -0.2) is 48.6 Å². The van der Waals surface area contributed by atoms with Gasteiger partial charge in [0, 0.05) is 24.0 Å². The van der Waals surface area contributed by atoms with Crippen LogP contribution in [0, 0.1) is 10.8 Å². The summed E-state index contributed by atoms with van der Waals surface area (Å²) >= 11 is 0. The number of likely N-dealkylation sites (tertiary alicyclic amines) is 2. The van der Waals surface area contributed by atoms with Gasteiger partial charge in [0.1, 0.15) is 0 Å². The fraction of sp³-hybridized carbons (Fsp3) is 0.875. The SMILES string of the molecule is C=CC1CC2(CN3CCC4(CC3)CC4)CC2N1C. The lowest BCUT2D eigenvalue weighted by atomic mass is 9.91. The Morgan fingerprint density at radius 1 is 1.17 bits per heavy atom. The number of nitrogens with zero attached hydrogens (tertiary/aromatic N) is 2. The summed E-state index contributed by atoms with van der Waals surface area (Å²) < 4.78 is 0. The molecule has 1 spiro atoms. The van der Waals surface area contributed by atoms with Gasteiger partial charge in [-0.2, -0.15) is 0 Å². The third kappa shape index (κ3) is 1.61. The van der Waals surface area contributed by atoms with Gasteiger partial charge in [-0.25, -0.2) is 0 Å². The van der Waals surface area contributed by atoms with E-state index < -0.39 is 0 Å². The highest BCUT2D eigenvalue weighted by Crippen LogP contribution is 2.60. The molecule has 2 saturated heterocycles. The van der Waals surface area contributed by atoms with E-state index in [-0.39, 0.29) is 0 Å². The lowest BCUT2D eigenvalue weighted by Gasteiger charge is -2.34. The molecule has 2 heteroatoms. The lowest BCUT2D eigenvalue weighted by molar-refractivity contribution is 0.143. The Bertz CT molecular complexity index is 363. The molecule has 4 fully saturated rings. The second-order valence-corrected chi connectivity index (χ2v) is 7.53. The van der Waals surface area contributed by atoms with Crippen LogP contribution in [0.15, 0.2) is 12.7 Å². The van der Waals surface area contributed by atoms with Gasteiger partial charge in [-0.3, -0.25) is 4.90 Å². The first-order chi connectivity index (χ1) is 8.66. The van der Waals surface area contributed by atoms with E-state index in [0.29, 0.717) is 11.5 Å². The van der Waals surface area contributed by atoms with Crippen molar-refractivity contribution in [2.75, 3.05) is 26.7 Å². The van der Waals surface area contributed by atoms with E-state index >= 15 is 0 Å². The number of fused-ring (bicyclic) bond motifs is 1. The standard InChI is InChI=1S/C16H26N2/c1-3-13-10-16(11-14(16)17(13)2)12-18-8-6-15(4-5-15)7-9-18/h3,13-14H,1,4-12H2,2H3. The third-order valence-corrected chi connectivity index (χ3v) is 6.46. The number of likely N-dealkylation sites (N-methyl/N-ethyl adjacent to an activating group) is 1. The van der Waals surface area contributed by atoms with Crippen LogP contribution in [0.2, 0.25) is 0 Å². The first-order valence-corrected chi connectivity index (χ1v) is 7.73. The zero-order valence-electron chi connectivity index (χ0n) is 11.7. The average Bonchev–Trinajstić information content (AvgIpc) is 3.26. The minimum absolute atomic E-state index is 0.641. The van der Waals surface area contributed by atoms with Crippen molar-refractivity contribution in [3.05, 3.63) is 12.7 Å². The highest BCUT2D eigenvalue weighted by Gasteiger charge is 2.63. The van der Waals surface area contributed by atoms with Gasteiger partial charge in [0.05, 0.1) is 0 Å². The van der Waals surface area contributed by atoms with Gasteiger partial charge >= 0.3 is 0 Å². The third-order valence-electron chi connectivity index (χ3n) is 6.46. The molecule has 18 heavy (non-hydrogen) atoms. The monoisotopic (exact) mass is 246 g/mol. The van der Waals surface area contributed by atoms with Gasteiger partial charge < -0.3 is 4.90 Å². The summed E-state index contributed by atoms with van der Waals surface area (Å²) in [6.45, 7) is 8.11. The number of hydrogen-bond donors (Lipinski definition) is 0. The second-order valence-electron chi connectivity index (χ2n) is 7.53. The minimum Gasteiger partial charge on any atom is -0.303 e. The van der Waals surface area contributed by atoms with E-state index in [1.165, 1.54) is 58.2 Å². The molecule has 0 N–H and O–H groups in total. The van der Waals surface area contributed by atoms with E-state index in [9.17, 15) is 0 Å². The van der Waals surface area contributed by atoms with Gasteiger partial charge in [0.2, 0.25) is 0 Å². The van der Waals surface area contributed by atoms with Crippen molar-refractivity contribution in [1.82, 2.24) is 9.80 Å². The summed E-state index contributed by atoms with van der Waals surface area (Å²) in [7, 11) is 2.29. The summed E-state index contributed by atoms with van der Waals surface area (Å²) in [5, 5.41) is 0. The molecule has 0 aromatic carbocycles. The molecule has 2 saturated carbocycles. The molecule has 0 radical (unpaired) electrons. The fourth-order valence-electron chi connectivity index (χ4n) is 4.70. The highest BCUT2D eigenvalue weighted by atomic mass is 15.3. The summed E-state index contributed by atoms with van der Waals surface area (Å²) in [6.07, 6.45) is 11.0. The topological polar surface area (TPSA) is 6.48 Å². The molecule has 2 heterocycles. The first kappa shape index (κ1) is 11.5. The summed E-state index contributed by atoms with van der Waals surface area (Å²) in [4.78, 5) is 5.34. The van der Waals surface area contributed by atoms with Gasteiger partial charge in [-0.15, -0.1) is 6.58 Å². The molecular formula is C16H26N2. The van der Waals surface area contributed by atoms with Gasteiger partial charge in [-0.05, 0) is 64.1 Å². The van der Waals surface area contributed by atoms with Crippen LogP contribution in [0.5, 0.6) is 0 Å². The zero-order chi connectivity index (χ0) is 12.4. The van der Waals surface area contributed by atoms with E-state index in [0.717, 1.165) is 11.5 Å². The van der Waals surface area contributed by atoms with Gasteiger partial charge in [0.15, 0.2) is 0 Å². The molecule has 4 aliphatic rings. The number of rotatable bonds is 3. The Balaban J connectivity index is 1.37. The van der Waals surface area contributed by atoms with Gasteiger partial charge in [0.25, 0.3) is 0 Å². The Hall–Kier alpha value is -0.340. The highest BCUT2D eigenvalue weighted by molar-refractivity contribution is 5.20. The van der Waals surface area contributed by atoms with Crippen LogP contribution in [0.1, 0.15) is 38.5 Å². The molecule has 2 aliphatic carbocycles. The first-order valence-electron chi connectivity index (χ1n) is 7.73. The molecular weight excluding hydrogens is 220 g/mol. The van der Waals surface area contributed by atoms with Crippen molar-refractivity contribution in [1.29, 1.82) is 0 Å². The lowest BCUT2D eigenvalue weighted by Crippen LogP contribution is -2.38. The molecule has 3 atom stereocenters. The summed E-state index contributed by atoms with van der Waals surface area (Å²) in [6, 6.07) is 1.50. The van der Waals surface area contributed by atoms with Crippen molar-refractivity contribution in [3.8, 4) is 0 Å². The Kier molecular flexibility index (Phi) is 2.30.